The largest absolute Gasteiger partial charge is 0.465 e. The minimum Gasteiger partial charge on any atom is -0.465 e. The van der Waals surface area contributed by atoms with Gasteiger partial charge in [-0.1, -0.05) is 22.9 Å². The van der Waals surface area contributed by atoms with Crippen molar-refractivity contribution < 1.29 is 9.53 Å². The first kappa shape index (κ1) is 17.5. The number of hydrogen-bond acceptors (Lipinski definition) is 4. The summed E-state index contributed by atoms with van der Waals surface area (Å²) >= 11 is 5.19. The summed E-state index contributed by atoms with van der Waals surface area (Å²) in [5.41, 5.74) is -0.641. The Morgan fingerprint density at radius 2 is 2.05 bits per heavy atom. The van der Waals surface area contributed by atoms with Gasteiger partial charge in [-0.15, -0.1) is 11.8 Å². The Morgan fingerprint density at radius 1 is 1.45 bits per heavy atom. The van der Waals surface area contributed by atoms with Gasteiger partial charge in [-0.2, -0.15) is 0 Å². The van der Waals surface area contributed by atoms with Crippen molar-refractivity contribution in [3.05, 3.63) is 28.7 Å². The summed E-state index contributed by atoms with van der Waals surface area (Å²) in [7, 11) is 1.80. The second-order valence-corrected chi connectivity index (χ2v) is 7.32. The van der Waals surface area contributed by atoms with Crippen LogP contribution in [0.25, 0.3) is 0 Å². The van der Waals surface area contributed by atoms with Crippen LogP contribution in [-0.4, -0.2) is 30.4 Å². The molecule has 0 fully saturated rings. The minimum atomic E-state index is -0.641. The highest BCUT2D eigenvalue weighted by Crippen LogP contribution is 2.30. The highest BCUT2D eigenvalue weighted by atomic mass is 79.9. The molecule has 20 heavy (non-hydrogen) atoms. The van der Waals surface area contributed by atoms with Crippen LogP contribution in [0.5, 0.6) is 0 Å². The van der Waals surface area contributed by atoms with E-state index in [4.69, 9.17) is 4.74 Å². The molecule has 0 saturated carbocycles. The van der Waals surface area contributed by atoms with E-state index in [9.17, 15) is 4.79 Å². The van der Waals surface area contributed by atoms with Gasteiger partial charge in [-0.3, -0.25) is 4.79 Å². The van der Waals surface area contributed by atoms with Gasteiger partial charge in [0.1, 0.15) is 5.54 Å². The number of esters is 1. The van der Waals surface area contributed by atoms with Gasteiger partial charge in [0.05, 0.1) is 6.61 Å². The fourth-order valence-corrected chi connectivity index (χ4v) is 3.38. The van der Waals surface area contributed by atoms with Crippen LogP contribution < -0.4 is 5.32 Å². The first-order chi connectivity index (χ1) is 9.41. The predicted octanol–water partition coefficient (Wildman–Crippen LogP) is 3.86. The first-order valence-electron chi connectivity index (χ1n) is 6.69. The summed E-state index contributed by atoms with van der Waals surface area (Å²) in [4.78, 5) is 13.2. The molecule has 0 radical (unpaired) electrons. The van der Waals surface area contributed by atoms with Gasteiger partial charge in [0.15, 0.2) is 0 Å². The highest BCUT2D eigenvalue weighted by molar-refractivity contribution is 9.10. The Kier molecular flexibility index (Phi) is 7.06. The molecule has 0 aliphatic carbocycles. The maximum Gasteiger partial charge on any atom is 0.326 e. The molecule has 0 amide bonds. The predicted molar refractivity (Wildman–Crippen MR) is 88.2 cm³/mol. The Morgan fingerprint density at radius 3 is 2.55 bits per heavy atom. The number of ether oxygens (including phenoxy) is 1. The SMILES string of the molecule is CCOC(=O)C(C)(CC(C)Sc1ccc(Br)cc1)NC. The summed E-state index contributed by atoms with van der Waals surface area (Å²) < 4.78 is 6.22. The topological polar surface area (TPSA) is 38.3 Å². The average molecular weight is 360 g/mol. The summed E-state index contributed by atoms with van der Waals surface area (Å²) in [6.45, 7) is 6.25. The van der Waals surface area contributed by atoms with Crippen molar-refractivity contribution in [2.24, 2.45) is 0 Å². The third kappa shape index (κ3) is 5.11. The van der Waals surface area contributed by atoms with E-state index in [-0.39, 0.29) is 5.97 Å². The molecule has 0 aliphatic rings. The monoisotopic (exact) mass is 359 g/mol. The lowest BCUT2D eigenvalue weighted by molar-refractivity contribution is -0.150. The van der Waals surface area contributed by atoms with Gasteiger partial charge < -0.3 is 10.1 Å². The van der Waals surface area contributed by atoms with Crippen molar-refractivity contribution >= 4 is 33.7 Å². The molecule has 0 aliphatic heterocycles. The molecule has 1 aromatic carbocycles. The van der Waals surface area contributed by atoms with Crippen molar-refractivity contribution in [1.82, 2.24) is 5.32 Å². The fourth-order valence-electron chi connectivity index (χ4n) is 1.94. The molecule has 1 rings (SSSR count). The molecule has 0 bridgehead atoms. The quantitative estimate of drug-likeness (QED) is 0.592. The lowest BCUT2D eigenvalue weighted by Gasteiger charge is -2.29. The fraction of sp³-hybridized carbons (Fsp3) is 0.533. The average Bonchev–Trinajstić information content (AvgIpc) is 2.41. The molecule has 2 atom stereocenters. The molecular formula is C15H22BrNO2S. The number of carbonyl (C=O) groups is 1. The van der Waals surface area contributed by atoms with E-state index < -0.39 is 5.54 Å². The van der Waals surface area contributed by atoms with Crippen molar-refractivity contribution in [3.63, 3.8) is 0 Å². The van der Waals surface area contributed by atoms with Gasteiger partial charge in [-0.25, -0.2) is 0 Å². The van der Waals surface area contributed by atoms with E-state index in [0.29, 0.717) is 18.3 Å². The number of thioether (sulfide) groups is 1. The van der Waals surface area contributed by atoms with Crippen LogP contribution in [-0.2, 0) is 9.53 Å². The zero-order chi connectivity index (χ0) is 15.2. The standard InChI is InChI=1S/C15H22BrNO2S/c1-5-19-14(18)15(3,17-4)10-11(2)20-13-8-6-12(16)7-9-13/h6-9,11,17H,5,10H2,1-4H3. The zero-order valence-corrected chi connectivity index (χ0v) is 14.8. The molecule has 0 saturated heterocycles. The van der Waals surface area contributed by atoms with Crippen molar-refractivity contribution in [2.45, 2.75) is 42.9 Å². The molecule has 0 heterocycles. The summed E-state index contributed by atoms with van der Waals surface area (Å²) in [5, 5.41) is 3.40. The summed E-state index contributed by atoms with van der Waals surface area (Å²) in [6, 6.07) is 8.20. The molecule has 1 aromatic rings. The van der Waals surface area contributed by atoms with Crippen LogP contribution in [0.4, 0.5) is 0 Å². The van der Waals surface area contributed by atoms with E-state index in [0.717, 1.165) is 4.47 Å². The van der Waals surface area contributed by atoms with Crippen LogP contribution in [0.2, 0.25) is 0 Å². The highest BCUT2D eigenvalue weighted by Gasteiger charge is 2.34. The minimum absolute atomic E-state index is 0.189. The Bertz CT molecular complexity index is 438. The second-order valence-electron chi connectivity index (χ2n) is 4.89. The number of benzene rings is 1. The maximum atomic E-state index is 12.0. The number of rotatable bonds is 7. The van der Waals surface area contributed by atoms with Crippen molar-refractivity contribution in [2.75, 3.05) is 13.7 Å². The van der Waals surface area contributed by atoms with Gasteiger partial charge in [-0.05, 0) is 51.6 Å². The van der Waals surface area contributed by atoms with Gasteiger partial charge in [0.25, 0.3) is 0 Å². The number of nitrogens with one attached hydrogen (secondary N) is 1. The second kappa shape index (κ2) is 8.05. The normalized spacial score (nSPS) is 15.4. The molecule has 3 nitrogen and oxygen atoms in total. The lowest BCUT2D eigenvalue weighted by Crippen LogP contribution is -2.50. The van der Waals surface area contributed by atoms with Crippen molar-refractivity contribution in [3.8, 4) is 0 Å². The van der Waals surface area contributed by atoms with E-state index in [2.05, 4.69) is 40.3 Å². The van der Waals surface area contributed by atoms with E-state index in [1.54, 1.807) is 18.8 Å². The third-order valence-corrected chi connectivity index (χ3v) is 4.77. The molecule has 5 heteroatoms. The smallest absolute Gasteiger partial charge is 0.326 e. The number of hydrogen-bond donors (Lipinski definition) is 1. The van der Waals surface area contributed by atoms with Crippen LogP contribution in [0.1, 0.15) is 27.2 Å². The molecule has 0 spiro atoms. The molecule has 112 valence electrons. The first-order valence-corrected chi connectivity index (χ1v) is 8.37. The van der Waals surface area contributed by atoms with Crippen LogP contribution in [0, 0.1) is 0 Å². The van der Waals surface area contributed by atoms with E-state index >= 15 is 0 Å². The van der Waals surface area contributed by atoms with Gasteiger partial charge >= 0.3 is 5.97 Å². The van der Waals surface area contributed by atoms with Crippen LogP contribution in [0.15, 0.2) is 33.6 Å². The Balaban J connectivity index is 2.65. The van der Waals surface area contributed by atoms with Gasteiger partial charge in [0.2, 0.25) is 0 Å². The number of halogens is 1. The van der Waals surface area contributed by atoms with Gasteiger partial charge in [0, 0.05) is 14.6 Å². The van der Waals surface area contributed by atoms with Crippen molar-refractivity contribution in [1.29, 1.82) is 0 Å². The maximum absolute atomic E-state index is 12.0. The lowest BCUT2D eigenvalue weighted by atomic mass is 9.96. The summed E-state index contributed by atoms with van der Waals surface area (Å²) in [5.74, 6) is -0.189. The Labute approximate surface area is 134 Å². The molecule has 1 N–H and O–H groups in total. The van der Waals surface area contributed by atoms with E-state index in [1.165, 1.54) is 4.90 Å². The van der Waals surface area contributed by atoms with Crippen LogP contribution in [0.3, 0.4) is 0 Å². The third-order valence-electron chi connectivity index (χ3n) is 3.12. The number of carbonyl (C=O) groups excluding carboxylic acids is 1. The van der Waals surface area contributed by atoms with E-state index in [1.807, 2.05) is 26.0 Å². The number of likely N-dealkylation sites (N-methyl/N-ethyl adjacent to an activating group) is 1. The molecule has 0 aromatic heterocycles. The zero-order valence-electron chi connectivity index (χ0n) is 12.4. The molecular weight excluding hydrogens is 338 g/mol. The van der Waals surface area contributed by atoms with Crippen LogP contribution >= 0.6 is 27.7 Å². The Hall–Kier alpha value is -0.520. The molecule has 2 unspecified atom stereocenters. The summed E-state index contributed by atoms with van der Waals surface area (Å²) in [6.07, 6.45) is 0.711.